The number of thioether (sulfide) groups is 1. The minimum absolute atomic E-state index is 0.506. The highest BCUT2D eigenvalue weighted by molar-refractivity contribution is 9.10. The summed E-state index contributed by atoms with van der Waals surface area (Å²) in [4.78, 5) is 5.59. The highest BCUT2D eigenvalue weighted by Gasteiger charge is 2.29. The van der Waals surface area contributed by atoms with Crippen molar-refractivity contribution in [1.29, 1.82) is 0 Å². The normalized spacial score (nSPS) is 11.8. The Morgan fingerprint density at radius 3 is 2.50 bits per heavy atom. The number of benzene rings is 1. The lowest BCUT2D eigenvalue weighted by atomic mass is 9.94. The Labute approximate surface area is 131 Å². The second-order valence-corrected chi connectivity index (χ2v) is 6.59. The van der Waals surface area contributed by atoms with E-state index in [0.717, 1.165) is 17.3 Å². The van der Waals surface area contributed by atoms with Gasteiger partial charge in [-0.2, -0.15) is 4.98 Å². The molecule has 4 nitrogen and oxygen atoms in total. The van der Waals surface area contributed by atoms with Crippen LogP contribution in [0.5, 0.6) is 0 Å². The van der Waals surface area contributed by atoms with Gasteiger partial charge in [-0.25, -0.2) is 0 Å². The van der Waals surface area contributed by atoms with Crippen LogP contribution < -0.4 is 5.73 Å². The molecule has 0 saturated carbocycles. The number of hydrogen-bond donors (Lipinski definition) is 1. The van der Waals surface area contributed by atoms with Crippen LogP contribution in [0.2, 0.25) is 0 Å². The van der Waals surface area contributed by atoms with Gasteiger partial charge in [-0.3, -0.25) is 0 Å². The van der Waals surface area contributed by atoms with Crippen LogP contribution in [-0.2, 0) is 11.3 Å². The van der Waals surface area contributed by atoms with E-state index in [0.29, 0.717) is 17.5 Å². The highest BCUT2D eigenvalue weighted by Crippen LogP contribution is 2.26. The number of nitrogens with two attached hydrogens (primary N) is 1. The number of rotatable bonds is 6. The van der Waals surface area contributed by atoms with Gasteiger partial charge in [0.05, 0.1) is 11.3 Å². The first kappa shape index (κ1) is 15.5. The number of hydrogen-bond acceptors (Lipinski definition) is 5. The summed E-state index contributed by atoms with van der Waals surface area (Å²) in [7, 11) is 0. The van der Waals surface area contributed by atoms with Gasteiger partial charge in [0.1, 0.15) is 0 Å². The van der Waals surface area contributed by atoms with Gasteiger partial charge in [0, 0.05) is 9.37 Å². The Hall–Kier alpha value is -0.850. The first-order chi connectivity index (χ1) is 9.57. The van der Waals surface area contributed by atoms with Crippen LogP contribution in [0, 0.1) is 0 Å². The standard InChI is InChI=1S/C14H18BrN3OS/c1-3-14(16,4-2)13-17-12(18-19-13)9-20-11-7-5-10(15)6-8-11/h5-8H,3-4,9,16H2,1-2H3. The van der Waals surface area contributed by atoms with Gasteiger partial charge >= 0.3 is 0 Å². The monoisotopic (exact) mass is 355 g/mol. The van der Waals surface area contributed by atoms with Crippen molar-refractivity contribution in [2.24, 2.45) is 5.73 Å². The lowest BCUT2D eigenvalue weighted by Gasteiger charge is -2.20. The fourth-order valence-corrected chi connectivity index (χ4v) is 2.75. The second-order valence-electron chi connectivity index (χ2n) is 4.62. The molecule has 0 saturated heterocycles. The molecule has 1 aromatic carbocycles. The minimum Gasteiger partial charge on any atom is -0.337 e. The second kappa shape index (κ2) is 6.74. The van der Waals surface area contributed by atoms with Crippen molar-refractivity contribution in [3.63, 3.8) is 0 Å². The van der Waals surface area contributed by atoms with E-state index in [1.54, 1.807) is 11.8 Å². The van der Waals surface area contributed by atoms with Crippen molar-refractivity contribution in [2.75, 3.05) is 0 Å². The summed E-state index contributed by atoms with van der Waals surface area (Å²) >= 11 is 5.09. The first-order valence-corrected chi connectivity index (χ1v) is 8.35. The minimum atomic E-state index is -0.506. The van der Waals surface area contributed by atoms with Crippen LogP contribution in [0.1, 0.15) is 38.4 Å². The molecular weight excluding hydrogens is 338 g/mol. The molecule has 2 aromatic rings. The van der Waals surface area contributed by atoms with E-state index in [1.807, 2.05) is 26.0 Å². The van der Waals surface area contributed by atoms with Gasteiger partial charge < -0.3 is 10.3 Å². The maximum atomic E-state index is 6.25. The Kier molecular flexibility index (Phi) is 5.23. The summed E-state index contributed by atoms with van der Waals surface area (Å²) in [6.45, 7) is 4.06. The molecule has 0 bridgehead atoms. The van der Waals surface area contributed by atoms with Crippen molar-refractivity contribution in [1.82, 2.24) is 10.1 Å². The average molecular weight is 356 g/mol. The summed E-state index contributed by atoms with van der Waals surface area (Å²) in [5.74, 6) is 1.90. The fraction of sp³-hybridized carbons (Fsp3) is 0.429. The molecule has 0 radical (unpaired) electrons. The van der Waals surface area contributed by atoms with Gasteiger partial charge in [0.15, 0.2) is 5.82 Å². The number of halogens is 1. The number of nitrogens with zero attached hydrogens (tertiary/aromatic N) is 2. The van der Waals surface area contributed by atoms with Crippen molar-refractivity contribution in [2.45, 2.75) is 42.9 Å². The maximum absolute atomic E-state index is 6.25. The molecule has 1 aromatic heterocycles. The van der Waals surface area contributed by atoms with Gasteiger partial charge in [0.25, 0.3) is 0 Å². The van der Waals surface area contributed by atoms with E-state index in [2.05, 4.69) is 38.2 Å². The van der Waals surface area contributed by atoms with Crippen LogP contribution in [0.25, 0.3) is 0 Å². The third-order valence-electron chi connectivity index (χ3n) is 3.34. The summed E-state index contributed by atoms with van der Waals surface area (Å²) in [5, 5.41) is 4.01. The molecule has 0 spiro atoms. The quantitative estimate of drug-likeness (QED) is 0.790. The summed E-state index contributed by atoms with van der Waals surface area (Å²) in [6, 6.07) is 8.15. The van der Waals surface area contributed by atoms with Crippen molar-refractivity contribution in [3.8, 4) is 0 Å². The molecule has 6 heteroatoms. The maximum Gasteiger partial charge on any atom is 0.246 e. The molecular formula is C14H18BrN3OS. The molecule has 0 fully saturated rings. The molecule has 0 aliphatic carbocycles. The molecule has 0 amide bonds. The molecule has 0 atom stereocenters. The molecule has 0 unspecified atom stereocenters. The number of aromatic nitrogens is 2. The third-order valence-corrected chi connectivity index (χ3v) is 4.87. The van der Waals surface area contributed by atoms with Gasteiger partial charge in [-0.15, -0.1) is 11.8 Å². The van der Waals surface area contributed by atoms with Gasteiger partial charge in [-0.05, 0) is 37.1 Å². The van der Waals surface area contributed by atoms with Crippen LogP contribution >= 0.6 is 27.7 Å². The van der Waals surface area contributed by atoms with E-state index >= 15 is 0 Å². The van der Waals surface area contributed by atoms with E-state index in [4.69, 9.17) is 10.3 Å². The smallest absolute Gasteiger partial charge is 0.246 e. The molecule has 2 N–H and O–H groups in total. The highest BCUT2D eigenvalue weighted by atomic mass is 79.9. The first-order valence-electron chi connectivity index (χ1n) is 6.57. The molecule has 0 aliphatic heterocycles. The van der Waals surface area contributed by atoms with Crippen LogP contribution in [0.4, 0.5) is 0 Å². The molecule has 2 rings (SSSR count). The Balaban J connectivity index is 2.01. The Bertz CT molecular complexity index is 552. The van der Waals surface area contributed by atoms with Gasteiger partial charge in [0.2, 0.25) is 5.89 Å². The fourth-order valence-electron chi connectivity index (χ4n) is 1.75. The van der Waals surface area contributed by atoms with Gasteiger partial charge in [-0.1, -0.05) is 34.9 Å². The van der Waals surface area contributed by atoms with E-state index < -0.39 is 5.54 Å². The summed E-state index contributed by atoms with van der Waals surface area (Å²) in [5.41, 5.74) is 5.74. The van der Waals surface area contributed by atoms with Crippen molar-refractivity contribution < 1.29 is 4.52 Å². The Morgan fingerprint density at radius 1 is 1.25 bits per heavy atom. The zero-order valence-corrected chi connectivity index (χ0v) is 14.0. The van der Waals surface area contributed by atoms with Crippen LogP contribution in [-0.4, -0.2) is 10.1 Å². The summed E-state index contributed by atoms with van der Waals surface area (Å²) < 4.78 is 6.38. The molecule has 0 aliphatic rings. The average Bonchev–Trinajstić information content (AvgIpc) is 2.95. The predicted molar refractivity (Wildman–Crippen MR) is 84.4 cm³/mol. The molecule has 1 heterocycles. The topological polar surface area (TPSA) is 64.9 Å². The molecule has 108 valence electrons. The predicted octanol–water partition coefficient (Wildman–Crippen LogP) is 4.10. The largest absolute Gasteiger partial charge is 0.337 e. The van der Waals surface area contributed by atoms with Crippen molar-refractivity contribution >= 4 is 27.7 Å². The summed E-state index contributed by atoms with van der Waals surface area (Å²) in [6.07, 6.45) is 1.57. The SMILES string of the molecule is CCC(N)(CC)c1nc(CSc2ccc(Br)cc2)no1. The lowest BCUT2D eigenvalue weighted by molar-refractivity contribution is 0.267. The van der Waals surface area contributed by atoms with E-state index in [1.165, 1.54) is 4.90 Å². The molecule has 20 heavy (non-hydrogen) atoms. The lowest BCUT2D eigenvalue weighted by Crippen LogP contribution is -2.35. The van der Waals surface area contributed by atoms with E-state index in [-0.39, 0.29) is 0 Å². The van der Waals surface area contributed by atoms with Crippen LogP contribution in [0.3, 0.4) is 0 Å². The zero-order valence-electron chi connectivity index (χ0n) is 11.6. The van der Waals surface area contributed by atoms with Crippen LogP contribution in [0.15, 0.2) is 38.2 Å². The van der Waals surface area contributed by atoms with E-state index in [9.17, 15) is 0 Å². The zero-order chi connectivity index (χ0) is 14.6. The van der Waals surface area contributed by atoms with Crippen molar-refractivity contribution in [3.05, 3.63) is 40.5 Å². The Morgan fingerprint density at radius 2 is 1.90 bits per heavy atom. The third kappa shape index (κ3) is 3.62.